The lowest BCUT2D eigenvalue weighted by atomic mass is 10.1. The van der Waals surface area contributed by atoms with E-state index in [1.54, 1.807) is 0 Å². The van der Waals surface area contributed by atoms with E-state index < -0.39 is 0 Å². The Balaban J connectivity index is 1.68. The van der Waals surface area contributed by atoms with Crippen molar-refractivity contribution in [1.82, 2.24) is 5.32 Å². The van der Waals surface area contributed by atoms with Gasteiger partial charge in [-0.15, -0.1) is 0 Å². The van der Waals surface area contributed by atoms with E-state index in [0.29, 0.717) is 5.92 Å². The molecule has 1 saturated carbocycles. The quantitative estimate of drug-likeness (QED) is 0.716. The third-order valence-electron chi connectivity index (χ3n) is 4.05. The zero-order chi connectivity index (χ0) is 14.4. The number of amides is 1. The Bertz CT molecular complexity index is 418. The van der Waals surface area contributed by atoms with Gasteiger partial charge in [0.05, 0.1) is 6.04 Å². The molecule has 110 valence electrons. The molecule has 20 heavy (non-hydrogen) atoms. The predicted molar refractivity (Wildman–Crippen MR) is 82.5 cm³/mol. The van der Waals surface area contributed by atoms with Gasteiger partial charge in [-0.25, -0.2) is 0 Å². The highest BCUT2D eigenvalue weighted by Crippen LogP contribution is 2.40. The lowest BCUT2D eigenvalue weighted by Crippen LogP contribution is -2.41. The highest BCUT2D eigenvalue weighted by atomic mass is 16.2. The van der Waals surface area contributed by atoms with Crippen LogP contribution < -0.4 is 11.1 Å². The molecule has 0 heterocycles. The maximum atomic E-state index is 12.0. The van der Waals surface area contributed by atoms with Gasteiger partial charge in [0.2, 0.25) is 5.91 Å². The summed E-state index contributed by atoms with van der Waals surface area (Å²) < 4.78 is 0. The molecule has 3 atom stereocenters. The second kappa shape index (κ2) is 7.44. The molecule has 0 aromatic heterocycles. The third kappa shape index (κ3) is 4.34. The minimum Gasteiger partial charge on any atom is -0.351 e. The van der Waals surface area contributed by atoms with Crippen LogP contribution in [0.3, 0.4) is 0 Å². The second-order valence-corrected chi connectivity index (χ2v) is 5.82. The fraction of sp³-hybridized carbons (Fsp3) is 0.588. The van der Waals surface area contributed by atoms with Crippen molar-refractivity contribution in [1.29, 1.82) is 0 Å². The first-order chi connectivity index (χ1) is 9.72. The maximum absolute atomic E-state index is 12.0. The standard InChI is InChI=1S/C17H26N2O/c1-2-3-4-8-11-15(18)17(20)19-16-12-14(16)13-9-6-5-7-10-13/h5-7,9-10,14-16H,2-4,8,11-12,18H2,1H3,(H,19,20)/t14-,15+,16+/m1/s1. The molecule has 0 saturated heterocycles. The van der Waals surface area contributed by atoms with Crippen LogP contribution in [0.25, 0.3) is 0 Å². The molecule has 1 aromatic carbocycles. The zero-order valence-electron chi connectivity index (χ0n) is 12.3. The Labute approximate surface area is 121 Å². The minimum absolute atomic E-state index is 0.0185. The molecular formula is C17H26N2O. The molecule has 3 nitrogen and oxygen atoms in total. The van der Waals surface area contributed by atoms with Crippen molar-refractivity contribution in [2.45, 2.75) is 63.5 Å². The Morgan fingerprint density at radius 3 is 2.75 bits per heavy atom. The summed E-state index contributed by atoms with van der Waals surface area (Å²) >= 11 is 0. The Kier molecular flexibility index (Phi) is 5.60. The van der Waals surface area contributed by atoms with E-state index in [0.717, 1.165) is 19.3 Å². The van der Waals surface area contributed by atoms with Crippen LogP contribution in [0.15, 0.2) is 30.3 Å². The van der Waals surface area contributed by atoms with Gasteiger partial charge in [-0.05, 0) is 18.4 Å². The minimum atomic E-state index is -0.344. The first kappa shape index (κ1) is 15.0. The van der Waals surface area contributed by atoms with Crippen LogP contribution in [0.5, 0.6) is 0 Å². The highest BCUT2D eigenvalue weighted by Gasteiger charge is 2.39. The average Bonchev–Trinajstić information content (AvgIpc) is 3.23. The van der Waals surface area contributed by atoms with E-state index in [1.165, 1.54) is 24.8 Å². The van der Waals surface area contributed by atoms with Crippen LogP contribution >= 0.6 is 0 Å². The van der Waals surface area contributed by atoms with Crippen LogP contribution in [-0.2, 0) is 4.79 Å². The van der Waals surface area contributed by atoms with Crippen LogP contribution in [0.2, 0.25) is 0 Å². The molecule has 1 fully saturated rings. The van der Waals surface area contributed by atoms with Crippen molar-refractivity contribution in [3.05, 3.63) is 35.9 Å². The molecule has 0 aliphatic heterocycles. The van der Waals surface area contributed by atoms with Gasteiger partial charge in [-0.1, -0.05) is 62.9 Å². The van der Waals surface area contributed by atoms with Gasteiger partial charge >= 0.3 is 0 Å². The number of nitrogens with one attached hydrogen (secondary N) is 1. The van der Waals surface area contributed by atoms with Crippen molar-refractivity contribution in [3.8, 4) is 0 Å². The van der Waals surface area contributed by atoms with E-state index in [9.17, 15) is 4.79 Å². The van der Waals surface area contributed by atoms with Gasteiger partial charge in [0, 0.05) is 12.0 Å². The first-order valence-corrected chi connectivity index (χ1v) is 7.83. The summed E-state index contributed by atoms with van der Waals surface area (Å²) in [5.74, 6) is 0.498. The Hall–Kier alpha value is -1.35. The highest BCUT2D eigenvalue weighted by molar-refractivity contribution is 5.82. The molecule has 3 N–H and O–H groups in total. The molecule has 2 rings (SSSR count). The number of carbonyl (C=O) groups is 1. The number of carbonyl (C=O) groups excluding carboxylic acids is 1. The van der Waals surface area contributed by atoms with Gasteiger partial charge in [-0.2, -0.15) is 0 Å². The molecule has 0 radical (unpaired) electrons. The SMILES string of the molecule is CCCCCC[C@H](N)C(=O)N[C@H]1C[C@@H]1c1ccccc1. The van der Waals surface area contributed by atoms with Crippen molar-refractivity contribution in [2.75, 3.05) is 0 Å². The molecule has 0 spiro atoms. The normalized spacial score (nSPS) is 22.3. The molecule has 3 heteroatoms. The van der Waals surface area contributed by atoms with Crippen molar-refractivity contribution >= 4 is 5.91 Å². The summed E-state index contributed by atoms with van der Waals surface area (Å²) in [6, 6.07) is 10.3. The fourth-order valence-corrected chi connectivity index (χ4v) is 2.64. The van der Waals surface area contributed by atoms with E-state index in [2.05, 4.69) is 24.4 Å². The zero-order valence-corrected chi connectivity index (χ0v) is 12.3. The van der Waals surface area contributed by atoms with Crippen LogP contribution in [0, 0.1) is 0 Å². The summed E-state index contributed by atoms with van der Waals surface area (Å²) in [4.78, 5) is 12.0. The van der Waals surface area contributed by atoms with E-state index in [4.69, 9.17) is 5.73 Å². The summed E-state index contributed by atoms with van der Waals surface area (Å²) in [6.07, 6.45) is 6.50. The second-order valence-electron chi connectivity index (χ2n) is 5.82. The van der Waals surface area contributed by atoms with E-state index in [-0.39, 0.29) is 18.0 Å². The average molecular weight is 274 g/mol. The summed E-state index contributed by atoms with van der Waals surface area (Å²) in [7, 11) is 0. The number of hydrogen-bond donors (Lipinski definition) is 2. The maximum Gasteiger partial charge on any atom is 0.237 e. The van der Waals surface area contributed by atoms with Gasteiger partial charge in [0.1, 0.15) is 0 Å². The predicted octanol–water partition coefficient (Wildman–Crippen LogP) is 2.96. The summed E-state index contributed by atoms with van der Waals surface area (Å²) in [5.41, 5.74) is 7.26. The molecule has 1 amide bonds. The first-order valence-electron chi connectivity index (χ1n) is 7.83. The van der Waals surface area contributed by atoms with Gasteiger partial charge in [0.15, 0.2) is 0 Å². The van der Waals surface area contributed by atoms with Crippen molar-refractivity contribution in [2.24, 2.45) is 5.73 Å². The summed E-state index contributed by atoms with van der Waals surface area (Å²) in [5, 5.41) is 3.08. The van der Waals surface area contributed by atoms with Gasteiger partial charge in [-0.3, -0.25) is 4.79 Å². The number of unbranched alkanes of at least 4 members (excludes halogenated alkanes) is 3. The van der Waals surface area contributed by atoms with Gasteiger partial charge < -0.3 is 11.1 Å². The van der Waals surface area contributed by atoms with Crippen LogP contribution in [-0.4, -0.2) is 18.0 Å². The molecule has 1 aromatic rings. The lowest BCUT2D eigenvalue weighted by Gasteiger charge is -2.12. The monoisotopic (exact) mass is 274 g/mol. The number of benzene rings is 1. The molecule has 1 aliphatic rings. The van der Waals surface area contributed by atoms with Crippen molar-refractivity contribution < 1.29 is 4.79 Å². The Morgan fingerprint density at radius 1 is 1.30 bits per heavy atom. The number of rotatable bonds is 8. The smallest absolute Gasteiger partial charge is 0.237 e. The van der Waals surface area contributed by atoms with Crippen LogP contribution in [0.1, 0.15) is 56.9 Å². The molecule has 1 aliphatic carbocycles. The molecule has 0 bridgehead atoms. The topological polar surface area (TPSA) is 55.1 Å². The summed E-state index contributed by atoms with van der Waals surface area (Å²) in [6.45, 7) is 2.18. The number of hydrogen-bond acceptors (Lipinski definition) is 2. The van der Waals surface area contributed by atoms with Crippen molar-refractivity contribution in [3.63, 3.8) is 0 Å². The number of nitrogens with two attached hydrogens (primary N) is 1. The lowest BCUT2D eigenvalue weighted by molar-refractivity contribution is -0.122. The molecule has 0 unspecified atom stereocenters. The van der Waals surface area contributed by atoms with E-state index >= 15 is 0 Å². The Morgan fingerprint density at radius 2 is 2.05 bits per heavy atom. The van der Waals surface area contributed by atoms with Crippen LogP contribution in [0.4, 0.5) is 0 Å². The fourth-order valence-electron chi connectivity index (χ4n) is 2.64. The third-order valence-corrected chi connectivity index (χ3v) is 4.05. The largest absolute Gasteiger partial charge is 0.351 e. The van der Waals surface area contributed by atoms with Gasteiger partial charge in [0.25, 0.3) is 0 Å². The molecular weight excluding hydrogens is 248 g/mol. The van der Waals surface area contributed by atoms with E-state index in [1.807, 2.05) is 18.2 Å².